The number of amides is 1. The van der Waals surface area contributed by atoms with Crippen molar-refractivity contribution in [1.82, 2.24) is 14.8 Å². The number of hydrogen-bond donors (Lipinski definition) is 2. The molecule has 2 N–H and O–H groups in total. The number of carbonyl (C=O) groups is 1. The molecule has 0 saturated heterocycles. The number of carbonyl (C=O) groups excluding carboxylic acids is 1. The van der Waals surface area contributed by atoms with Crippen LogP contribution in [0, 0.1) is 0 Å². The summed E-state index contributed by atoms with van der Waals surface area (Å²) in [5.41, 5.74) is 2.24. The van der Waals surface area contributed by atoms with Crippen LogP contribution in [-0.4, -0.2) is 35.3 Å². The Morgan fingerprint density at radius 3 is 2.32 bits per heavy atom. The van der Waals surface area contributed by atoms with Gasteiger partial charge in [0, 0.05) is 16.9 Å². The standard InChI is InChI=1S/C16H15N5O3S/c1-25(23,24)20-13-7-5-12(6-8-13)16(22)19-14-3-2-4-15(9-14)21-10-17-18-11-21/h2-11,20H,1H3,(H,19,22). The van der Waals surface area contributed by atoms with Crippen LogP contribution in [0.1, 0.15) is 10.4 Å². The Morgan fingerprint density at radius 1 is 1.00 bits per heavy atom. The predicted molar refractivity (Wildman–Crippen MR) is 94.2 cm³/mol. The second kappa shape index (κ2) is 6.73. The Hall–Kier alpha value is -3.20. The molecule has 1 aromatic heterocycles. The van der Waals surface area contributed by atoms with Gasteiger partial charge in [-0.05, 0) is 42.5 Å². The minimum atomic E-state index is -3.35. The maximum Gasteiger partial charge on any atom is 0.255 e. The first-order valence-corrected chi connectivity index (χ1v) is 9.14. The molecule has 0 bridgehead atoms. The molecular weight excluding hydrogens is 342 g/mol. The van der Waals surface area contributed by atoms with E-state index in [1.807, 2.05) is 12.1 Å². The Balaban J connectivity index is 1.73. The summed E-state index contributed by atoms with van der Waals surface area (Å²) in [7, 11) is -3.35. The number of aromatic nitrogens is 3. The lowest BCUT2D eigenvalue weighted by Crippen LogP contribution is -2.13. The lowest BCUT2D eigenvalue weighted by atomic mass is 10.2. The molecule has 2 aromatic carbocycles. The molecule has 0 radical (unpaired) electrons. The Morgan fingerprint density at radius 2 is 1.68 bits per heavy atom. The Bertz CT molecular complexity index is 983. The molecule has 25 heavy (non-hydrogen) atoms. The SMILES string of the molecule is CS(=O)(=O)Nc1ccc(C(=O)Nc2cccc(-n3cnnc3)c2)cc1. The first kappa shape index (κ1) is 16.7. The van der Waals surface area contributed by atoms with Crippen LogP contribution in [0.3, 0.4) is 0 Å². The first-order chi connectivity index (χ1) is 11.9. The summed E-state index contributed by atoms with van der Waals surface area (Å²) < 4.78 is 26.4. The first-order valence-electron chi connectivity index (χ1n) is 7.25. The largest absolute Gasteiger partial charge is 0.322 e. The quantitative estimate of drug-likeness (QED) is 0.725. The van der Waals surface area contributed by atoms with Crippen LogP contribution in [-0.2, 0) is 10.0 Å². The molecule has 3 rings (SSSR count). The third-order valence-electron chi connectivity index (χ3n) is 3.27. The summed E-state index contributed by atoms with van der Waals surface area (Å²) >= 11 is 0. The molecule has 3 aromatic rings. The second-order valence-corrected chi connectivity index (χ2v) is 7.07. The zero-order valence-electron chi connectivity index (χ0n) is 13.2. The normalized spacial score (nSPS) is 11.1. The number of rotatable bonds is 5. The molecule has 1 heterocycles. The molecular formula is C16H15N5O3S. The Labute approximate surface area is 144 Å². The van der Waals surface area contributed by atoms with E-state index >= 15 is 0 Å². The predicted octanol–water partition coefficient (Wildman–Crippen LogP) is 1.89. The Kier molecular flexibility index (Phi) is 4.48. The highest BCUT2D eigenvalue weighted by Gasteiger charge is 2.08. The van der Waals surface area contributed by atoms with E-state index in [1.165, 1.54) is 12.1 Å². The van der Waals surface area contributed by atoms with E-state index in [2.05, 4.69) is 20.2 Å². The van der Waals surface area contributed by atoms with E-state index in [0.717, 1.165) is 11.9 Å². The number of hydrogen-bond acceptors (Lipinski definition) is 5. The molecule has 0 spiro atoms. The van der Waals surface area contributed by atoms with Gasteiger partial charge in [0.05, 0.1) is 11.9 Å². The fraction of sp³-hybridized carbons (Fsp3) is 0.0625. The van der Waals surface area contributed by atoms with E-state index in [4.69, 9.17) is 0 Å². The van der Waals surface area contributed by atoms with Crippen LogP contribution in [0.15, 0.2) is 61.2 Å². The van der Waals surface area contributed by atoms with Crippen molar-refractivity contribution >= 4 is 27.3 Å². The molecule has 0 aliphatic heterocycles. The molecule has 0 fully saturated rings. The van der Waals surface area contributed by atoms with Gasteiger partial charge in [0.1, 0.15) is 12.7 Å². The summed E-state index contributed by atoms with van der Waals surface area (Å²) in [6.07, 6.45) is 4.19. The summed E-state index contributed by atoms with van der Waals surface area (Å²) in [6, 6.07) is 13.4. The highest BCUT2D eigenvalue weighted by Crippen LogP contribution is 2.16. The minimum Gasteiger partial charge on any atom is -0.322 e. The molecule has 8 nitrogen and oxygen atoms in total. The summed E-state index contributed by atoms with van der Waals surface area (Å²) in [5, 5.41) is 10.3. The third kappa shape index (κ3) is 4.42. The van der Waals surface area contributed by atoms with Gasteiger partial charge < -0.3 is 5.32 Å². The van der Waals surface area contributed by atoms with Crippen molar-refractivity contribution in [3.8, 4) is 5.69 Å². The van der Waals surface area contributed by atoms with Crippen LogP contribution in [0.5, 0.6) is 0 Å². The lowest BCUT2D eigenvalue weighted by molar-refractivity contribution is 0.102. The highest BCUT2D eigenvalue weighted by molar-refractivity contribution is 7.92. The number of sulfonamides is 1. The molecule has 0 saturated carbocycles. The van der Waals surface area contributed by atoms with E-state index in [-0.39, 0.29) is 5.91 Å². The van der Waals surface area contributed by atoms with E-state index in [0.29, 0.717) is 16.9 Å². The average Bonchev–Trinajstić information content (AvgIpc) is 3.09. The summed E-state index contributed by atoms with van der Waals surface area (Å²) in [6.45, 7) is 0. The van der Waals surface area contributed by atoms with Crippen LogP contribution in [0.25, 0.3) is 5.69 Å². The zero-order chi connectivity index (χ0) is 17.9. The van der Waals surface area contributed by atoms with E-state index < -0.39 is 10.0 Å². The monoisotopic (exact) mass is 357 g/mol. The molecule has 1 amide bonds. The van der Waals surface area contributed by atoms with Gasteiger partial charge in [-0.15, -0.1) is 10.2 Å². The molecule has 0 aliphatic rings. The molecule has 9 heteroatoms. The molecule has 128 valence electrons. The summed E-state index contributed by atoms with van der Waals surface area (Å²) in [4.78, 5) is 12.3. The number of nitrogens with zero attached hydrogens (tertiary/aromatic N) is 3. The average molecular weight is 357 g/mol. The number of anilines is 2. The fourth-order valence-electron chi connectivity index (χ4n) is 2.19. The van der Waals surface area contributed by atoms with Gasteiger partial charge in [-0.25, -0.2) is 8.42 Å². The van der Waals surface area contributed by atoms with Gasteiger partial charge >= 0.3 is 0 Å². The highest BCUT2D eigenvalue weighted by atomic mass is 32.2. The topological polar surface area (TPSA) is 106 Å². The van der Waals surface area contributed by atoms with Crippen molar-refractivity contribution in [2.75, 3.05) is 16.3 Å². The van der Waals surface area contributed by atoms with Crippen molar-refractivity contribution < 1.29 is 13.2 Å². The van der Waals surface area contributed by atoms with Gasteiger partial charge in [0.15, 0.2) is 0 Å². The van der Waals surface area contributed by atoms with Crippen LogP contribution < -0.4 is 10.0 Å². The molecule has 0 aliphatic carbocycles. The number of nitrogens with one attached hydrogen (secondary N) is 2. The van der Waals surface area contributed by atoms with Gasteiger partial charge in [-0.2, -0.15) is 0 Å². The maximum absolute atomic E-state index is 12.3. The van der Waals surface area contributed by atoms with Gasteiger partial charge in [-0.1, -0.05) is 6.07 Å². The smallest absolute Gasteiger partial charge is 0.255 e. The minimum absolute atomic E-state index is 0.299. The zero-order valence-corrected chi connectivity index (χ0v) is 14.1. The van der Waals surface area contributed by atoms with Gasteiger partial charge in [0.25, 0.3) is 5.91 Å². The van der Waals surface area contributed by atoms with Crippen molar-refractivity contribution in [2.45, 2.75) is 0 Å². The summed E-state index contributed by atoms with van der Waals surface area (Å²) in [5.74, 6) is -0.299. The molecule has 0 atom stereocenters. The van der Waals surface area contributed by atoms with Gasteiger partial charge in [0.2, 0.25) is 10.0 Å². The van der Waals surface area contributed by atoms with Crippen LogP contribution >= 0.6 is 0 Å². The van der Waals surface area contributed by atoms with E-state index in [1.54, 1.807) is 41.5 Å². The van der Waals surface area contributed by atoms with Crippen molar-refractivity contribution in [3.05, 3.63) is 66.7 Å². The van der Waals surface area contributed by atoms with Crippen LogP contribution in [0.4, 0.5) is 11.4 Å². The lowest BCUT2D eigenvalue weighted by Gasteiger charge is -2.09. The third-order valence-corrected chi connectivity index (χ3v) is 3.88. The maximum atomic E-state index is 12.3. The van der Waals surface area contributed by atoms with E-state index in [9.17, 15) is 13.2 Å². The van der Waals surface area contributed by atoms with Crippen LogP contribution in [0.2, 0.25) is 0 Å². The number of benzene rings is 2. The van der Waals surface area contributed by atoms with Crippen molar-refractivity contribution in [1.29, 1.82) is 0 Å². The van der Waals surface area contributed by atoms with Gasteiger partial charge in [-0.3, -0.25) is 14.1 Å². The van der Waals surface area contributed by atoms with Crippen molar-refractivity contribution in [2.24, 2.45) is 0 Å². The second-order valence-electron chi connectivity index (χ2n) is 5.33. The molecule has 0 unspecified atom stereocenters. The fourth-order valence-corrected chi connectivity index (χ4v) is 2.75. The van der Waals surface area contributed by atoms with Crippen molar-refractivity contribution in [3.63, 3.8) is 0 Å².